The molecule has 2 aromatic carbocycles. The highest BCUT2D eigenvalue weighted by atomic mass is 16.5. The van der Waals surface area contributed by atoms with Gasteiger partial charge in [0.25, 0.3) is 5.91 Å². The third-order valence-electron chi connectivity index (χ3n) is 4.03. The van der Waals surface area contributed by atoms with E-state index in [1.165, 1.54) is 18.9 Å². The lowest BCUT2D eigenvalue weighted by atomic mass is 10.1. The van der Waals surface area contributed by atoms with E-state index in [1.54, 1.807) is 24.3 Å². The molecule has 3 amide bonds. The van der Waals surface area contributed by atoms with Crippen LogP contribution in [0.1, 0.15) is 19.4 Å². The monoisotopic (exact) mass is 383 g/mol. The molecule has 2 N–H and O–H groups in total. The van der Waals surface area contributed by atoms with Crippen LogP contribution in [0.2, 0.25) is 0 Å². The second kappa shape index (κ2) is 10.1. The summed E-state index contributed by atoms with van der Waals surface area (Å²) in [4.78, 5) is 37.1. The maximum Gasteiger partial charge on any atom is 0.260 e. The van der Waals surface area contributed by atoms with Gasteiger partial charge < -0.3 is 20.3 Å². The summed E-state index contributed by atoms with van der Waals surface area (Å²) in [6, 6.07) is 14.4. The van der Waals surface area contributed by atoms with Gasteiger partial charge in [0, 0.05) is 19.7 Å². The molecule has 0 aromatic heterocycles. The van der Waals surface area contributed by atoms with Gasteiger partial charge in [0.15, 0.2) is 6.61 Å². The number of ether oxygens (including phenoxy) is 1. The predicted octanol–water partition coefficient (Wildman–Crippen LogP) is 2.68. The Morgan fingerprint density at radius 2 is 1.61 bits per heavy atom. The molecule has 0 unspecified atom stereocenters. The summed E-state index contributed by atoms with van der Waals surface area (Å²) in [5.74, 6) is -0.476. The van der Waals surface area contributed by atoms with Crippen LogP contribution in [0, 0.1) is 0 Å². The molecule has 7 nitrogen and oxygen atoms in total. The van der Waals surface area contributed by atoms with Crippen LogP contribution in [0.4, 0.5) is 11.4 Å². The van der Waals surface area contributed by atoms with Crippen LogP contribution < -0.4 is 15.4 Å². The number of carbonyl (C=O) groups excluding carboxylic acids is 3. The number of hydrogen-bond acceptors (Lipinski definition) is 4. The molecule has 0 atom stereocenters. The molecule has 0 saturated carbocycles. The highest BCUT2D eigenvalue weighted by molar-refractivity contribution is 5.95. The number of rotatable bonds is 8. The van der Waals surface area contributed by atoms with E-state index < -0.39 is 0 Å². The Balaban J connectivity index is 1.89. The zero-order valence-corrected chi connectivity index (χ0v) is 16.3. The standard InChI is InChI=1S/C21H25N3O4/c1-4-16-9-5-6-10-17(16)23-20(26)13-24(3)21(27)14-28-19-12-8-7-11-18(19)22-15(2)25/h5-12H,4,13-14H2,1-3H3,(H,22,25)(H,23,26). The summed E-state index contributed by atoms with van der Waals surface area (Å²) in [6.07, 6.45) is 0.798. The van der Waals surface area contributed by atoms with Crippen LogP contribution in [-0.2, 0) is 20.8 Å². The zero-order valence-electron chi connectivity index (χ0n) is 16.3. The Hall–Kier alpha value is -3.35. The molecular formula is C21H25N3O4. The van der Waals surface area contributed by atoms with E-state index in [0.717, 1.165) is 17.7 Å². The fourth-order valence-corrected chi connectivity index (χ4v) is 2.58. The SMILES string of the molecule is CCc1ccccc1NC(=O)CN(C)C(=O)COc1ccccc1NC(C)=O. The number of para-hydroxylation sites is 3. The van der Waals surface area contributed by atoms with E-state index >= 15 is 0 Å². The second-order valence-electron chi connectivity index (χ2n) is 6.27. The summed E-state index contributed by atoms with van der Waals surface area (Å²) < 4.78 is 5.52. The molecule has 0 aliphatic carbocycles. The van der Waals surface area contributed by atoms with Crippen LogP contribution in [0.3, 0.4) is 0 Å². The topological polar surface area (TPSA) is 87.7 Å². The molecule has 0 bridgehead atoms. The summed E-state index contributed by atoms with van der Waals surface area (Å²) >= 11 is 0. The largest absolute Gasteiger partial charge is 0.482 e. The fraction of sp³-hybridized carbons (Fsp3) is 0.286. The third kappa shape index (κ3) is 6.12. The third-order valence-corrected chi connectivity index (χ3v) is 4.03. The van der Waals surface area contributed by atoms with Gasteiger partial charge in [-0.3, -0.25) is 14.4 Å². The lowest BCUT2D eigenvalue weighted by molar-refractivity contribution is -0.135. The van der Waals surface area contributed by atoms with E-state index in [9.17, 15) is 14.4 Å². The van der Waals surface area contributed by atoms with Gasteiger partial charge in [-0.25, -0.2) is 0 Å². The number of anilines is 2. The zero-order chi connectivity index (χ0) is 20.5. The molecule has 0 heterocycles. The minimum atomic E-state index is -0.350. The van der Waals surface area contributed by atoms with Crippen molar-refractivity contribution in [2.45, 2.75) is 20.3 Å². The number of aryl methyl sites for hydroxylation is 1. The number of amides is 3. The average molecular weight is 383 g/mol. The highest BCUT2D eigenvalue weighted by Gasteiger charge is 2.15. The second-order valence-corrected chi connectivity index (χ2v) is 6.27. The van der Waals surface area contributed by atoms with Gasteiger partial charge in [-0.1, -0.05) is 37.3 Å². The van der Waals surface area contributed by atoms with Crippen molar-refractivity contribution in [1.29, 1.82) is 0 Å². The van der Waals surface area contributed by atoms with E-state index in [1.807, 2.05) is 31.2 Å². The number of nitrogens with zero attached hydrogens (tertiary/aromatic N) is 1. The number of hydrogen-bond donors (Lipinski definition) is 2. The van der Waals surface area contributed by atoms with Crippen LogP contribution in [0.15, 0.2) is 48.5 Å². The van der Waals surface area contributed by atoms with Gasteiger partial charge in [0.1, 0.15) is 5.75 Å². The van der Waals surface area contributed by atoms with Gasteiger partial charge in [0.2, 0.25) is 11.8 Å². The maximum atomic E-state index is 12.3. The maximum absolute atomic E-state index is 12.3. The van der Waals surface area contributed by atoms with Gasteiger partial charge in [-0.05, 0) is 30.2 Å². The molecule has 28 heavy (non-hydrogen) atoms. The van der Waals surface area contributed by atoms with Crippen LogP contribution >= 0.6 is 0 Å². The van der Waals surface area contributed by atoms with Gasteiger partial charge in [-0.15, -0.1) is 0 Å². The van der Waals surface area contributed by atoms with Crippen LogP contribution in [-0.4, -0.2) is 42.8 Å². The molecule has 7 heteroatoms. The molecule has 148 valence electrons. The van der Waals surface area contributed by atoms with Crippen molar-refractivity contribution >= 4 is 29.1 Å². The molecule has 2 aromatic rings. The molecule has 0 aliphatic rings. The fourth-order valence-electron chi connectivity index (χ4n) is 2.58. The van der Waals surface area contributed by atoms with E-state index in [2.05, 4.69) is 10.6 Å². The van der Waals surface area contributed by atoms with Gasteiger partial charge in [-0.2, -0.15) is 0 Å². The Morgan fingerprint density at radius 3 is 2.29 bits per heavy atom. The number of benzene rings is 2. The van der Waals surface area contributed by atoms with Gasteiger partial charge in [0.05, 0.1) is 12.2 Å². The predicted molar refractivity (Wildman–Crippen MR) is 108 cm³/mol. The van der Waals surface area contributed by atoms with E-state index in [4.69, 9.17) is 4.74 Å². The smallest absolute Gasteiger partial charge is 0.260 e. The average Bonchev–Trinajstić information content (AvgIpc) is 2.66. The first-order chi connectivity index (χ1) is 13.4. The molecule has 0 spiro atoms. The van der Waals surface area contributed by atoms with E-state index in [0.29, 0.717) is 11.4 Å². The first kappa shape index (κ1) is 21.0. The molecular weight excluding hydrogens is 358 g/mol. The minimum Gasteiger partial charge on any atom is -0.482 e. The Morgan fingerprint density at radius 1 is 0.964 bits per heavy atom. The summed E-state index contributed by atoms with van der Waals surface area (Å²) in [5.41, 5.74) is 2.26. The first-order valence-corrected chi connectivity index (χ1v) is 9.01. The number of carbonyl (C=O) groups is 3. The normalized spacial score (nSPS) is 10.1. The quantitative estimate of drug-likeness (QED) is 0.734. The minimum absolute atomic E-state index is 0.0897. The molecule has 0 fully saturated rings. The Kier molecular flexibility index (Phi) is 7.56. The van der Waals surface area contributed by atoms with Crippen molar-refractivity contribution in [2.24, 2.45) is 0 Å². The van der Waals surface area contributed by atoms with Crippen molar-refractivity contribution in [2.75, 3.05) is 30.8 Å². The van der Waals surface area contributed by atoms with Crippen LogP contribution in [0.25, 0.3) is 0 Å². The highest BCUT2D eigenvalue weighted by Crippen LogP contribution is 2.23. The lowest BCUT2D eigenvalue weighted by Gasteiger charge is -2.18. The Labute approximate surface area is 164 Å². The molecule has 0 saturated heterocycles. The summed E-state index contributed by atoms with van der Waals surface area (Å²) in [6.45, 7) is 3.07. The summed E-state index contributed by atoms with van der Waals surface area (Å²) in [7, 11) is 1.54. The molecule has 0 radical (unpaired) electrons. The first-order valence-electron chi connectivity index (χ1n) is 9.01. The number of nitrogens with one attached hydrogen (secondary N) is 2. The number of likely N-dealkylation sites (N-methyl/N-ethyl adjacent to an activating group) is 1. The van der Waals surface area contributed by atoms with Crippen molar-refractivity contribution < 1.29 is 19.1 Å². The van der Waals surface area contributed by atoms with Crippen molar-refractivity contribution in [3.8, 4) is 5.75 Å². The molecule has 0 aliphatic heterocycles. The van der Waals surface area contributed by atoms with Gasteiger partial charge >= 0.3 is 0 Å². The van der Waals surface area contributed by atoms with Crippen LogP contribution in [0.5, 0.6) is 5.75 Å². The van der Waals surface area contributed by atoms with Crippen molar-refractivity contribution in [1.82, 2.24) is 4.90 Å². The summed E-state index contributed by atoms with van der Waals surface area (Å²) in [5, 5.41) is 5.47. The van der Waals surface area contributed by atoms with Crippen molar-refractivity contribution in [3.63, 3.8) is 0 Å². The van der Waals surface area contributed by atoms with Crippen molar-refractivity contribution in [3.05, 3.63) is 54.1 Å². The van der Waals surface area contributed by atoms with E-state index in [-0.39, 0.29) is 30.9 Å². The Bertz CT molecular complexity index is 851. The lowest BCUT2D eigenvalue weighted by Crippen LogP contribution is -2.37. The molecule has 2 rings (SSSR count).